The Hall–Kier alpha value is -0.290. The van der Waals surface area contributed by atoms with Gasteiger partial charge < -0.3 is 9.41 Å². The molecule has 0 aliphatic carbocycles. The molecule has 0 atom stereocenters. The minimum atomic E-state index is -3.67. The molecule has 0 unspecified atom stereocenters. The largest absolute Gasteiger partial charge is 1.00 e. The van der Waals surface area contributed by atoms with Gasteiger partial charge in [0.05, 0.1) is 0 Å². The zero-order valence-electron chi connectivity index (χ0n) is 10.8. The molecule has 0 aromatic heterocycles. The second-order valence-electron chi connectivity index (χ2n) is 4.16. The van der Waals surface area contributed by atoms with Gasteiger partial charge in [0.1, 0.15) is 19.6 Å². The van der Waals surface area contributed by atoms with Crippen molar-refractivity contribution in [2.45, 2.75) is 0 Å². The molecule has 3 heterocycles. The fourth-order valence-corrected chi connectivity index (χ4v) is 2.38. The normalized spacial score (nSPS) is 28.0. The van der Waals surface area contributed by atoms with Crippen LogP contribution in [0.25, 0.3) is 0 Å². The third-order valence-electron chi connectivity index (χ3n) is 3.18. The molecule has 3 aliphatic heterocycles. The molecular weight excluding hydrogens is 340 g/mol. The monoisotopic (exact) mass is 355 g/mol. The maximum atomic E-state index is 13.5. The van der Waals surface area contributed by atoms with Crippen LogP contribution in [0.2, 0.25) is 0 Å². The van der Waals surface area contributed by atoms with Crippen molar-refractivity contribution >= 4 is 27.0 Å². The molecular formula is C7H15B2ClF9N2. The fourth-order valence-electron chi connectivity index (χ4n) is 2.02. The van der Waals surface area contributed by atoms with E-state index in [0.29, 0.717) is 25.6 Å². The van der Waals surface area contributed by atoms with Crippen molar-refractivity contribution in [2.24, 2.45) is 0 Å². The molecule has 0 aromatic rings. The van der Waals surface area contributed by atoms with Gasteiger partial charge >= 0.3 is 15.4 Å². The zero-order valence-corrected chi connectivity index (χ0v) is 11.6. The van der Waals surface area contributed by atoms with Crippen LogP contribution in [0, 0.1) is 0 Å². The second-order valence-corrected chi connectivity index (χ2v) is 4.40. The van der Waals surface area contributed by atoms with E-state index in [4.69, 9.17) is 11.6 Å². The quantitative estimate of drug-likeness (QED) is 0.113. The van der Waals surface area contributed by atoms with Crippen molar-refractivity contribution in [1.82, 2.24) is 0 Å². The van der Waals surface area contributed by atoms with E-state index in [9.17, 15) is 26.1 Å². The van der Waals surface area contributed by atoms with Crippen LogP contribution < -0.4 is 9.41 Å². The summed E-state index contributed by atoms with van der Waals surface area (Å²) in [5, 5.41) is 0. The number of quaternary nitrogens is 2. The van der Waals surface area contributed by atoms with Gasteiger partial charge in [0, 0.05) is 0 Å². The van der Waals surface area contributed by atoms with Gasteiger partial charge in [-0.1, -0.05) is 11.6 Å². The number of hydrogen-bond acceptors (Lipinski definition) is 0. The molecule has 3 rings (SSSR count). The summed E-state index contributed by atoms with van der Waals surface area (Å²) in [6, 6.07) is 0.667. The fraction of sp³-hybridized carbons (Fsp3) is 1.00. The molecule has 0 aromatic carbocycles. The summed E-state index contributed by atoms with van der Waals surface area (Å²) in [5.41, 5.74) is 0. The Labute approximate surface area is 122 Å². The maximum absolute atomic E-state index is 13.5. The topological polar surface area (TPSA) is 0 Å². The molecule has 129 valence electrons. The van der Waals surface area contributed by atoms with Gasteiger partial charge in [-0.25, -0.2) is 0 Å². The van der Waals surface area contributed by atoms with Crippen molar-refractivity contribution in [2.75, 3.05) is 45.3 Å². The first-order chi connectivity index (χ1) is 8.33. The van der Waals surface area contributed by atoms with Crippen molar-refractivity contribution < 1.29 is 49.4 Å². The van der Waals surface area contributed by atoms with Crippen LogP contribution in [-0.4, -0.2) is 69.8 Å². The molecule has 1 radical (unpaired) electrons. The van der Waals surface area contributed by atoms with E-state index in [0.717, 1.165) is 24.1 Å². The summed E-state index contributed by atoms with van der Waals surface area (Å²) < 4.78 is 62.3. The van der Waals surface area contributed by atoms with Gasteiger partial charge in [0.15, 0.2) is 25.6 Å². The first-order valence-corrected chi connectivity index (χ1v) is 5.78. The molecule has 0 N–H and O–H groups in total. The van der Waals surface area contributed by atoms with Crippen LogP contribution in [0.5, 0.6) is 0 Å². The predicted molar refractivity (Wildman–Crippen MR) is 61.1 cm³/mol. The number of fused-ring (bicyclic) bond motifs is 3. The van der Waals surface area contributed by atoms with Gasteiger partial charge in [0.25, 0.3) is 0 Å². The van der Waals surface area contributed by atoms with Crippen molar-refractivity contribution in [3.05, 3.63) is 0 Å². The first kappa shape index (κ1) is 28.8. The van der Waals surface area contributed by atoms with E-state index in [1.165, 1.54) is 0 Å². The van der Waals surface area contributed by atoms with Crippen LogP contribution >= 0.6 is 11.6 Å². The van der Waals surface area contributed by atoms with E-state index in [1.54, 1.807) is 0 Å². The van der Waals surface area contributed by atoms with E-state index in [1.807, 2.05) is 0 Å². The molecule has 14 heteroatoms. The summed E-state index contributed by atoms with van der Waals surface area (Å²) in [6.07, 6.45) is 0. The third kappa shape index (κ3) is 11.0. The molecule has 21 heavy (non-hydrogen) atoms. The minimum absolute atomic E-state index is 0. The third-order valence-corrected chi connectivity index (χ3v) is 3.69. The summed E-state index contributed by atoms with van der Waals surface area (Å²) in [4.78, 5) is 0. The lowest BCUT2D eigenvalue weighted by atomic mass is 10.2. The van der Waals surface area contributed by atoms with Gasteiger partial charge in [-0.05, 0) is 4.48 Å². The predicted octanol–water partition coefficient (Wildman–Crippen LogP) is -3.77. The zero-order chi connectivity index (χ0) is 14.2. The molecule has 0 saturated carbocycles. The molecule has 0 spiro atoms. The van der Waals surface area contributed by atoms with Crippen LogP contribution in [0.1, 0.15) is 0 Å². The van der Waals surface area contributed by atoms with Crippen molar-refractivity contribution in [3.63, 3.8) is 0 Å². The average molecular weight is 355 g/mol. The van der Waals surface area contributed by atoms with E-state index >= 15 is 0 Å². The second kappa shape index (κ2) is 13.4. The minimum Gasteiger partial charge on any atom is -1.00 e. The lowest BCUT2D eigenvalue weighted by Gasteiger charge is -2.48. The molecule has 3 saturated heterocycles. The van der Waals surface area contributed by atoms with Gasteiger partial charge in [0.2, 0.25) is 0 Å². The standard InChI is InChI=1S/C7H14ClFN2.BF3.BF2.3FH/c8-7-10-1-4-11(9,5-2-10)6-3-10;2-1(3)4;2-1-3;;;/h1-7H2;;;3*1H/q+2;;;;;/p-2. The SMILES string of the molecule is F.FB(F)F.F[B]F.F[N+]12CC[N+](CCl)(CC1)CC2.[F-].[F-]. The number of alkyl halides is 1. The molecule has 3 fully saturated rings. The Morgan fingerprint density at radius 2 is 1.14 bits per heavy atom. The van der Waals surface area contributed by atoms with Crippen molar-refractivity contribution in [3.8, 4) is 0 Å². The van der Waals surface area contributed by atoms with Crippen LogP contribution in [0.3, 0.4) is 0 Å². The maximum Gasteiger partial charge on any atom is 0.762 e. The Balaban J connectivity index is -0.000000126. The van der Waals surface area contributed by atoms with Crippen molar-refractivity contribution in [1.29, 1.82) is 0 Å². The van der Waals surface area contributed by atoms with Gasteiger partial charge in [-0.2, -0.15) is 0 Å². The average Bonchev–Trinajstić information content (AvgIpc) is 2.31. The molecule has 0 amide bonds. The van der Waals surface area contributed by atoms with Gasteiger partial charge in [-0.15, -0.1) is 4.71 Å². The Bertz CT molecular complexity index is 215. The molecule has 2 bridgehead atoms. The summed E-state index contributed by atoms with van der Waals surface area (Å²) in [5.74, 6) is 0. The number of hydrogen-bond donors (Lipinski definition) is 0. The Kier molecular flexibility index (Phi) is 18.4. The van der Waals surface area contributed by atoms with E-state index < -0.39 is 15.4 Å². The molecule has 2 nitrogen and oxygen atoms in total. The van der Waals surface area contributed by atoms with Gasteiger partial charge in [-0.3, -0.25) is 30.8 Å². The van der Waals surface area contributed by atoms with Crippen LogP contribution in [-0.2, 0) is 0 Å². The first-order valence-electron chi connectivity index (χ1n) is 5.24. The lowest BCUT2D eigenvalue weighted by Crippen LogP contribution is -3.00. The highest BCUT2D eigenvalue weighted by molar-refractivity contribution is 6.33. The van der Waals surface area contributed by atoms with Crippen LogP contribution in [0.15, 0.2) is 0 Å². The summed E-state index contributed by atoms with van der Waals surface area (Å²) >= 11 is 5.85. The highest BCUT2D eigenvalue weighted by atomic mass is 35.5. The van der Waals surface area contributed by atoms with E-state index in [2.05, 4.69) is 0 Å². The number of nitrogens with zero attached hydrogens (tertiary/aromatic N) is 2. The van der Waals surface area contributed by atoms with E-state index in [-0.39, 0.29) is 18.8 Å². The smallest absolute Gasteiger partial charge is 0.762 e. The Morgan fingerprint density at radius 1 is 0.905 bits per heavy atom. The highest BCUT2D eigenvalue weighted by Gasteiger charge is 2.50. The molecule has 3 aliphatic rings. The summed E-state index contributed by atoms with van der Waals surface area (Å²) in [6.45, 7) is 4.81. The number of halogens is 10. The van der Waals surface area contributed by atoms with Crippen LogP contribution in [0.4, 0.5) is 30.8 Å². The number of rotatable bonds is 1. The number of piperazine rings is 3. The lowest BCUT2D eigenvalue weighted by molar-refractivity contribution is -1.15. The highest BCUT2D eigenvalue weighted by Crippen LogP contribution is 2.27. The summed E-state index contributed by atoms with van der Waals surface area (Å²) in [7, 11) is -4.67. The Morgan fingerprint density at radius 3 is 1.33 bits per heavy atom.